The maximum atomic E-state index is 11.0. The van der Waals surface area contributed by atoms with Crippen molar-refractivity contribution >= 4 is 5.97 Å². The molecule has 0 aromatic heterocycles. The van der Waals surface area contributed by atoms with E-state index in [2.05, 4.69) is 0 Å². The number of hydrogen-bond donors (Lipinski definition) is 4. The molecule has 20 heavy (non-hydrogen) atoms. The summed E-state index contributed by atoms with van der Waals surface area (Å²) >= 11 is 0. The molecule has 1 aromatic rings. The number of aliphatic carboxylic acids is 1. The molecule has 0 saturated heterocycles. The Morgan fingerprint density at radius 1 is 1.30 bits per heavy atom. The third-order valence-electron chi connectivity index (χ3n) is 3.71. The molecule has 5 N–H and O–H groups in total. The molecule has 0 radical (unpaired) electrons. The van der Waals surface area contributed by atoms with Gasteiger partial charge in [0.15, 0.2) is 11.5 Å². The van der Waals surface area contributed by atoms with Gasteiger partial charge in [-0.2, -0.15) is 0 Å². The molecule has 1 aromatic carbocycles. The highest BCUT2D eigenvalue weighted by atomic mass is 16.4. The number of carbonyl (C=O) groups is 1. The van der Waals surface area contributed by atoms with Crippen LogP contribution in [-0.4, -0.2) is 27.8 Å². The summed E-state index contributed by atoms with van der Waals surface area (Å²) in [7, 11) is 0. The van der Waals surface area contributed by atoms with Gasteiger partial charge in [0.25, 0.3) is 0 Å². The number of aryl methyl sites for hydroxylation is 1. The third-order valence-corrected chi connectivity index (χ3v) is 3.71. The predicted molar refractivity (Wildman–Crippen MR) is 76.7 cm³/mol. The van der Waals surface area contributed by atoms with Crippen molar-refractivity contribution in [2.24, 2.45) is 17.6 Å². The fourth-order valence-electron chi connectivity index (χ4n) is 2.28. The van der Waals surface area contributed by atoms with Crippen LogP contribution in [0.5, 0.6) is 11.5 Å². The van der Waals surface area contributed by atoms with E-state index in [0.717, 1.165) is 24.8 Å². The van der Waals surface area contributed by atoms with E-state index in [1.807, 2.05) is 6.92 Å². The molecule has 0 bridgehead atoms. The lowest BCUT2D eigenvalue weighted by atomic mass is 9.88. The van der Waals surface area contributed by atoms with Crippen LogP contribution >= 0.6 is 0 Å². The first kappa shape index (κ1) is 16.3. The van der Waals surface area contributed by atoms with Crippen molar-refractivity contribution in [2.75, 3.05) is 6.54 Å². The second kappa shape index (κ2) is 7.75. The summed E-state index contributed by atoms with van der Waals surface area (Å²) in [6.45, 7) is 2.19. The topological polar surface area (TPSA) is 104 Å². The van der Waals surface area contributed by atoms with E-state index >= 15 is 0 Å². The summed E-state index contributed by atoms with van der Waals surface area (Å²) in [4.78, 5) is 11.0. The quantitative estimate of drug-likeness (QED) is 0.546. The Morgan fingerprint density at radius 2 is 2.00 bits per heavy atom. The summed E-state index contributed by atoms with van der Waals surface area (Å²) in [6, 6.07) is 4.77. The Bertz CT molecular complexity index is 447. The van der Waals surface area contributed by atoms with Crippen LogP contribution in [0.1, 0.15) is 31.7 Å². The Kier molecular flexibility index (Phi) is 6.31. The van der Waals surface area contributed by atoms with Crippen molar-refractivity contribution in [3.63, 3.8) is 0 Å². The summed E-state index contributed by atoms with van der Waals surface area (Å²) < 4.78 is 0. The van der Waals surface area contributed by atoms with Crippen LogP contribution < -0.4 is 5.73 Å². The fraction of sp³-hybridized carbons (Fsp3) is 0.533. The second-order valence-electron chi connectivity index (χ2n) is 5.14. The zero-order valence-electron chi connectivity index (χ0n) is 11.7. The maximum Gasteiger partial charge on any atom is 0.307 e. The SMILES string of the molecule is CCC(CCc1ccc(O)c(O)c1)CC(CN)C(=O)O. The molecule has 0 amide bonds. The normalized spacial score (nSPS) is 13.9. The minimum atomic E-state index is -0.840. The van der Waals surface area contributed by atoms with Crippen LogP contribution in [0.3, 0.4) is 0 Å². The number of carboxylic acids is 1. The van der Waals surface area contributed by atoms with E-state index in [-0.39, 0.29) is 24.0 Å². The maximum absolute atomic E-state index is 11.0. The van der Waals surface area contributed by atoms with Crippen molar-refractivity contribution in [1.82, 2.24) is 0 Å². The highest BCUT2D eigenvalue weighted by Gasteiger charge is 2.20. The molecule has 0 saturated carbocycles. The number of hydrogen-bond acceptors (Lipinski definition) is 4. The van der Waals surface area contributed by atoms with E-state index in [9.17, 15) is 15.0 Å². The Hall–Kier alpha value is -1.75. The van der Waals surface area contributed by atoms with Gasteiger partial charge in [-0.05, 0) is 42.9 Å². The predicted octanol–water partition coefficient (Wildman–Crippen LogP) is 2.11. The van der Waals surface area contributed by atoms with Crippen LogP contribution in [0, 0.1) is 11.8 Å². The van der Waals surface area contributed by atoms with E-state index in [1.165, 1.54) is 6.07 Å². The van der Waals surface area contributed by atoms with Gasteiger partial charge in [-0.25, -0.2) is 0 Å². The van der Waals surface area contributed by atoms with Crippen molar-refractivity contribution in [1.29, 1.82) is 0 Å². The standard InChI is InChI=1S/C15H23NO4/c1-2-10(7-12(9-16)15(19)20)3-4-11-5-6-13(17)14(18)8-11/h5-6,8,10,12,17-18H,2-4,7,9,16H2,1H3,(H,19,20). The molecule has 2 atom stereocenters. The number of nitrogens with two attached hydrogens (primary N) is 1. The molecule has 0 spiro atoms. The Morgan fingerprint density at radius 3 is 2.50 bits per heavy atom. The lowest BCUT2D eigenvalue weighted by Crippen LogP contribution is -2.25. The molecule has 0 heterocycles. The highest BCUT2D eigenvalue weighted by Crippen LogP contribution is 2.27. The molecule has 5 nitrogen and oxygen atoms in total. The molecule has 0 aliphatic rings. The Labute approximate surface area is 119 Å². The van der Waals surface area contributed by atoms with Crippen molar-refractivity contribution in [2.45, 2.75) is 32.6 Å². The van der Waals surface area contributed by atoms with Gasteiger partial charge in [-0.1, -0.05) is 19.4 Å². The molecule has 2 unspecified atom stereocenters. The molecule has 5 heteroatoms. The molecule has 112 valence electrons. The first-order chi connectivity index (χ1) is 9.47. The average Bonchev–Trinajstić information content (AvgIpc) is 2.42. The van der Waals surface area contributed by atoms with Gasteiger partial charge in [-0.15, -0.1) is 0 Å². The zero-order valence-corrected chi connectivity index (χ0v) is 11.7. The second-order valence-corrected chi connectivity index (χ2v) is 5.14. The van der Waals surface area contributed by atoms with E-state index in [0.29, 0.717) is 6.42 Å². The monoisotopic (exact) mass is 281 g/mol. The summed E-state index contributed by atoms with van der Waals surface area (Å²) in [5.41, 5.74) is 6.41. The number of rotatable bonds is 8. The van der Waals surface area contributed by atoms with Crippen LogP contribution in [0.2, 0.25) is 0 Å². The third kappa shape index (κ3) is 4.74. The van der Waals surface area contributed by atoms with Crippen LogP contribution in [-0.2, 0) is 11.2 Å². The van der Waals surface area contributed by atoms with Gasteiger partial charge in [0.2, 0.25) is 0 Å². The summed E-state index contributed by atoms with van der Waals surface area (Å²) in [5.74, 6) is -1.30. The molecule has 1 rings (SSSR count). The summed E-state index contributed by atoms with van der Waals surface area (Å²) in [5, 5.41) is 27.7. The molecular weight excluding hydrogens is 258 g/mol. The van der Waals surface area contributed by atoms with Crippen molar-refractivity contribution < 1.29 is 20.1 Å². The van der Waals surface area contributed by atoms with E-state index in [4.69, 9.17) is 10.8 Å². The van der Waals surface area contributed by atoms with Gasteiger partial charge in [0, 0.05) is 6.54 Å². The number of carboxylic acid groups (broad SMARTS) is 1. The molecule has 0 aliphatic carbocycles. The average molecular weight is 281 g/mol. The van der Waals surface area contributed by atoms with Gasteiger partial charge in [-0.3, -0.25) is 4.79 Å². The smallest absolute Gasteiger partial charge is 0.307 e. The fourth-order valence-corrected chi connectivity index (χ4v) is 2.28. The van der Waals surface area contributed by atoms with Crippen LogP contribution in [0.15, 0.2) is 18.2 Å². The minimum Gasteiger partial charge on any atom is -0.504 e. The first-order valence-electron chi connectivity index (χ1n) is 6.91. The number of phenols is 2. The van der Waals surface area contributed by atoms with Gasteiger partial charge >= 0.3 is 5.97 Å². The molecule has 0 aliphatic heterocycles. The largest absolute Gasteiger partial charge is 0.504 e. The highest BCUT2D eigenvalue weighted by molar-refractivity contribution is 5.70. The molecular formula is C15H23NO4. The van der Waals surface area contributed by atoms with Crippen LogP contribution in [0.4, 0.5) is 0 Å². The number of phenolic OH excluding ortho intramolecular Hbond substituents is 2. The lowest BCUT2D eigenvalue weighted by Gasteiger charge is -2.18. The van der Waals surface area contributed by atoms with Gasteiger partial charge in [0.1, 0.15) is 0 Å². The number of benzene rings is 1. The zero-order chi connectivity index (χ0) is 15.1. The van der Waals surface area contributed by atoms with Crippen molar-refractivity contribution in [3.8, 4) is 11.5 Å². The first-order valence-corrected chi connectivity index (χ1v) is 6.91. The van der Waals surface area contributed by atoms with Crippen molar-refractivity contribution in [3.05, 3.63) is 23.8 Å². The van der Waals surface area contributed by atoms with E-state index < -0.39 is 11.9 Å². The molecule has 0 fully saturated rings. The van der Waals surface area contributed by atoms with Gasteiger partial charge < -0.3 is 21.1 Å². The van der Waals surface area contributed by atoms with Gasteiger partial charge in [0.05, 0.1) is 5.92 Å². The number of aromatic hydroxyl groups is 2. The lowest BCUT2D eigenvalue weighted by molar-refractivity contribution is -0.142. The van der Waals surface area contributed by atoms with E-state index in [1.54, 1.807) is 12.1 Å². The Balaban J connectivity index is 2.56. The van der Waals surface area contributed by atoms with Crippen LogP contribution in [0.25, 0.3) is 0 Å². The summed E-state index contributed by atoms with van der Waals surface area (Å²) in [6.07, 6.45) is 3.05. The minimum absolute atomic E-state index is 0.124.